The summed E-state index contributed by atoms with van der Waals surface area (Å²) in [4.78, 5) is 21.0. The van der Waals surface area contributed by atoms with Gasteiger partial charge in [0.1, 0.15) is 6.10 Å². The van der Waals surface area contributed by atoms with Crippen molar-refractivity contribution in [2.75, 3.05) is 0 Å². The largest absolute Gasteiger partial charge is 0.478 e. The van der Waals surface area contributed by atoms with E-state index < -0.39 is 18.0 Å². The maximum atomic E-state index is 10.6. The number of rotatable bonds is 4. The fraction of sp³-hybridized carbons (Fsp3) is 0.556. The van der Waals surface area contributed by atoms with Crippen LogP contribution >= 0.6 is 0 Å². The number of carboxylic acids is 1. The molecule has 0 rings (SSSR count). The van der Waals surface area contributed by atoms with Gasteiger partial charge in [0, 0.05) is 12.5 Å². The van der Waals surface area contributed by atoms with Gasteiger partial charge in [-0.15, -0.1) is 0 Å². The highest BCUT2D eigenvalue weighted by Crippen LogP contribution is 2.04. The van der Waals surface area contributed by atoms with E-state index in [0.717, 1.165) is 0 Å². The second-order valence-corrected chi connectivity index (χ2v) is 2.71. The number of hydrogen-bond acceptors (Lipinski definition) is 3. The summed E-state index contributed by atoms with van der Waals surface area (Å²) in [5, 5.41) is 8.55. The molecule has 0 radical (unpaired) electrons. The number of esters is 1. The quantitative estimate of drug-likeness (QED) is 0.531. The summed E-state index contributed by atoms with van der Waals surface area (Å²) in [7, 11) is 0. The zero-order valence-corrected chi connectivity index (χ0v) is 8.03. The first-order valence-corrected chi connectivity index (χ1v) is 4.06. The zero-order chi connectivity index (χ0) is 10.4. The van der Waals surface area contributed by atoms with Crippen molar-refractivity contribution in [1.82, 2.24) is 0 Å². The van der Waals surface area contributed by atoms with E-state index in [4.69, 9.17) is 9.84 Å². The predicted octanol–water partition coefficient (Wildman–Crippen LogP) is 1.36. The minimum Gasteiger partial charge on any atom is -0.478 e. The number of hydrogen-bond donors (Lipinski definition) is 1. The van der Waals surface area contributed by atoms with Crippen molar-refractivity contribution in [2.24, 2.45) is 0 Å². The van der Waals surface area contributed by atoms with Crippen LogP contribution in [0, 0.1) is 0 Å². The number of carbonyl (C=O) groups is 2. The summed E-state index contributed by atoms with van der Waals surface area (Å²) in [6, 6.07) is 0. The van der Waals surface area contributed by atoms with E-state index in [-0.39, 0.29) is 5.57 Å². The molecular weight excluding hydrogens is 172 g/mol. The molecule has 13 heavy (non-hydrogen) atoms. The molecule has 0 aromatic rings. The van der Waals surface area contributed by atoms with E-state index in [2.05, 4.69) is 0 Å². The van der Waals surface area contributed by atoms with Crippen molar-refractivity contribution in [3.63, 3.8) is 0 Å². The van der Waals surface area contributed by atoms with E-state index in [1.54, 1.807) is 0 Å². The minimum atomic E-state index is -0.995. The number of carboxylic acid groups (broad SMARTS) is 1. The summed E-state index contributed by atoms with van der Waals surface area (Å²) >= 11 is 0. The Morgan fingerprint density at radius 3 is 2.31 bits per heavy atom. The smallest absolute Gasteiger partial charge is 0.331 e. The first-order valence-electron chi connectivity index (χ1n) is 4.06. The van der Waals surface area contributed by atoms with Crippen LogP contribution in [0.25, 0.3) is 0 Å². The van der Waals surface area contributed by atoms with Gasteiger partial charge in [-0.05, 0) is 19.4 Å². The van der Waals surface area contributed by atoms with Gasteiger partial charge in [0.25, 0.3) is 0 Å². The van der Waals surface area contributed by atoms with Gasteiger partial charge < -0.3 is 9.84 Å². The molecule has 0 aliphatic heterocycles. The van der Waals surface area contributed by atoms with Crippen LogP contribution < -0.4 is 0 Å². The van der Waals surface area contributed by atoms with Crippen LogP contribution in [0.4, 0.5) is 0 Å². The zero-order valence-electron chi connectivity index (χ0n) is 8.03. The van der Waals surface area contributed by atoms with Gasteiger partial charge in [-0.2, -0.15) is 0 Å². The van der Waals surface area contributed by atoms with Gasteiger partial charge >= 0.3 is 11.9 Å². The number of ether oxygens (including phenoxy) is 1. The SMILES string of the molecule is CCC(C=C(C)C(=O)O)OC(C)=O. The number of aliphatic carboxylic acids is 1. The van der Waals surface area contributed by atoms with Crippen LogP contribution in [-0.4, -0.2) is 23.1 Å². The van der Waals surface area contributed by atoms with E-state index in [1.807, 2.05) is 6.92 Å². The Morgan fingerprint density at radius 1 is 1.46 bits per heavy atom. The van der Waals surface area contributed by atoms with Crippen LogP contribution in [0.15, 0.2) is 11.6 Å². The highest BCUT2D eigenvalue weighted by atomic mass is 16.5. The average Bonchev–Trinajstić information content (AvgIpc) is 2.02. The molecule has 1 N–H and O–H groups in total. The van der Waals surface area contributed by atoms with Crippen LogP contribution in [0.3, 0.4) is 0 Å². The van der Waals surface area contributed by atoms with Crippen LogP contribution in [0.2, 0.25) is 0 Å². The summed E-state index contributed by atoms with van der Waals surface area (Å²) in [5.74, 6) is -1.40. The van der Waals surface area contributed by atoms with Crippen molar-refractivity contribution in [3.8, 4) is 0 Å². The third-order valence-electron chi connectivity index (χ3n) is 1.49. The second-order valence-electron chi connectivity index (χ2n) is 2.71. The maximum Gasteiger partial charge on any atom is 0.331 e. The first-order chi connectivity index (χ1) is 5.97. The normalized spacial score (nSPS) is 13.6. The molecule has 0 aromatic carbocycles. The maximum absolute atomic E-state index is 10.6. The summed E-state index contributed by atoms with van der Waals surface area (Å²) in [6.45, 7) is 4.58. The lowest BCUT2D eigenvalue weighted by Crippen LogP contribution is -2.14. The van der Waals surface area contributed by atoms with Crippen LogP contribution in [0.5, 0.6) is 0 Å². The van der Waals surface area contributed by atoms with Crippen LogP contribution in [-0.2, 0) is 14.3 Å². The molecule has 0 saturated carbocycles. The van der Waals surface area contributed by atoms with Crippen molar-refractivity contribution in [2.45, 2.75) is 33.3 Å². The Morgan fingerprint density at radius 2 is 2.00 bits per heavy atom. The molecule has 0 fully saturated rings. The Hall–Kier alpha value is -1.32. The molecule has 0 aliphatic rings. The van der Waals surface area contributed by atoms with Crippen molar-refractivity contribution in [3.05, 3.63) is 11.6 Å². The lowest BCUT2D eigenvalue weighted by Gasteiger charge is -2.10. The molecule has 0 aromatic heterocycles. The Balaban J connectivity index is 4.34. The monoisotopic (exact) mass is 186 g/mol. The molecule has 4 nitrogen and oxygen atoms in total. The minimum absolute atomic E-state index is 0.188. The van der Waals surface area contributed by atoms with E-state index in [9.17, 15) is 9.59 Å². The Bertz CT molecular complexity index is 230. The average molecular weight is 186 g/mol. The van der Waals surface area contributed by atoms with Gasteiger partial charge in [-0.25, -0.2) is 4.79 Å². The molecule has 1 unspecified atom stereocenters. The molecule has 0 heterocycles. The Kier molecular flexibility index (Phi) is 4.80. The van der Waals surface area contributed by atoms with E-state index in [0.29, 0.717) is 6.42 Å². The molecule has 4 heteroatoms. The lowest BCUT2D eigenvalue weighted by molar-refractivity contribution is -0.144. The highest BCUT2D eigenvalue weighted by Gasteiger charge is 2.09. The Labute approximate surface area is 77.2 Å². The second kappa shape index (κ2) is 5.35. The number of carbonyl (C=O) groups excluding carboxylic acids is 1. The fourth-order valence-electron chi connectivity index (χ4n) is 0.799. The molecule has 1 atom stereocenters. The standard InChI is InChI=1S/C9H14O4/c1-4-8(13-7(3)10)5-6(2)9(11)12/h5,8H,4H2,1-3H3,(H,11,12). The van der Waals surface area contributed by atoms with Crippen molar-refractivity contribution >= 4 is 11.9 Å². The third kappa shape index (κ3) is 5.00. The molecule has 0 amide bonds. The molecular formula is C9H14O4. The molecule has 74 valence electrons. The highest BCUT2D eigenvalue weighted by molar-refractivity contribution is 5.85. The van der Waals surface area contributed by atoms with Gasteiger partial charge in [0.2, 0.25) is 0 Å². The predicted molar refractivity (Wildman–Crippen MR) is 47.2 cm³/mol. The molecule has 0 aliphatic carbocycles. The lowest BCUT2D eigenvalue weighted by atomic mass is 10.2. The first kappa shape index (κ1) is 11.7. The van der Waals surface area contributed by atoms with E-state index in [1.165, 1.54) is 19.9 Å². The summed E-state index contributed by atoms with van der Waals surface area (Å²) in [5.41, 5.74) is 0.188. The summed E-state index contributed by atoms with van der Waals surface area (Å²) < 4.78 is 4.84. The molecule has 0 spiro atoms. The van der Waals surface area contributed by atoms with Gasteiger partial charge in [0.15, 0.2) is 0 Å². The van der Waals surface area contributed by atoms with Crippen molar-refractivity contribution < 1.29 is 19.4 Å². The van der Waals surface area contributed by atoms with Gasteiger partial charge in [0.05, 0.1) is 0 Å². The fourth-order valence-corrected chi connectivity index (χ4v) is 0.799. The molecule has 0 saturated heterocycles. The molecule has 0 bridgehead atoms. The van der Waals surface area contributed by atoms with Gasteiger partial charge in [-0.1, -0.05) is 6.92 Å². The van der Waals surface area contributed by atoms with Crippen molar-refractivity contribution in [1.29, 1.82) is 0 Å². The van der Waals surface area contributed by atoms with Crippen LogP contribution in [0.1, 0.15) is 27.2 Å². The summed E-state index contributed by atoms with van der Waals surface area (Å²) in [6.07, 6.45) is 1.57. The topological polar surface area (TPSA) is 63.6 Å². The van der Waals surface area contributed by atoms with Gasteiger partial charge in [-0.3, -0.25) is 4.79 Å². The van der Waals surface area contributed by atoms with E-state index >= 15 is 0 Å². The third-order valence-corrected chi connectivity index (χ3v) is 1.49.